The molecule has 3 nitrogen and oxygen atoms in total. The Balaban J connectivity index is 1.61. The minimum absolute atomic E-state index is 0.163. The summed E-state index contributed by atoms with van der Waals surface area (Å²) in [7, 11) is 1.69. The summed E-state index contributed by atoms with van der Waals surface area (Å²) in [5.74, 6) is 1.20. The molecule has 0 amide bonds. The topological polar surface area (TPSA) is 38.7 Å². The smallest absolute Gasteiger partial charge is 0.118 e. The summed E-state index contributed by atoms with van der Waals surface area (Å²) in [4.78, 5) is 0. The van der Waals surface area contributed by atoms with Crippen molar-refractivity contribution in [1.29, 1.82) is 0 Å². The standard InChI is InChI=1S/C20H23IO3/c1-23-18-10-5-15(6-11-18)20-13-16(21)12-19(24-20)9-4-14-2-7-17(22)8-3-14/h2-3,5-8,10-11,16,19-20,22H,4,9,12-13H2,1H3/t16-,19+,20+/m0/s1. The van der Waals surface area contributed by atoms with Gasteiger partial charge in [-0.25, -0.2) is 0 Å². The van der Waals surface area contributed by atoms with E-state index in [0.717, 1.165) is 31.4 Å². The van der Waals surface area contributed by atoms with E-state index < -0.39 is 0 Å². The van der Waals surface area contributed by atoms with Gasteiger partial charge in [-0.15, -0.1) is 0 Å². The zero-order valence-electron chi connectivity index (χ0n) is 13.8. The third kappa shape index (κ3) is 4.63. The molecule has 0 spiro atoms. The fraction of sp³-hybridized carbons (Fsp3) is 0.400. The minimum Gasteiger partial charge on any atom is -0.508 e. The van der Waals surface area contributed by atoms with Crippen LogP contribution in [-0.4, -0.2) is 22.2 Å². The normalized spacial score (nSPS) is 23.8. The number of halogens is 1. The van der Waals surface area contributed by atoms with Gasteiger partial charge < -0.3 is 14.6 Å². The van der Waals surface area contributed by atoms with Crippen molar-refractivity contribution in [2.24, 2.45) is 0 Å². The first-order chi connectivity index (χ1) is 11.6. The van der Waals surface area contributed by atoms with Gasteiger partial charge >= 0.3 is 0 Å². The number of alkyl halides is 1. The molecule has 0 saturated carbocycles. The summed E-state index contributed by atoms with van der Waals surface area (Å²) in [6.45, 7) is 0. The molecule has 128 valence electrons. The van der Waals surface area contributed by atoms with Crippen LogP contribution in [0.1, 0.15) is 36.5 Å². The average molecular weight is 438 g/mol. The fourth-order valence-electron chi connectivity index (χ4n) is 3.17. The van der Waals surface area contributed by atoms with Crippen molar-refractivity contribution in [3.05, 3.63) is 59.7 Å². The molecule has 1 heterocycles. The van der Waals surface area contributed by atoms with Crippen LogP contribution in [0.2, 0.25) is 0 Å². The minimum atomic E-state index is 0.163. The SMILES string of the molecule is COc1ccc([C@H]2C[C@@H](I)C[C@@H](CCc3ccc(O)cc3)O2)cc1. The monoisotopic (exact) mass is 438 g/mol. The van der Waals surface area contributed by atoms with Crippen molar-refractivity contribution in [1.82, 2.24) is 0 Å². The highest BCUT2D eigenvalue weighted by atomic mass is 127. The molecule has 2 aromatic carbocycles. The first kappa shape index (κ1) is 17.5. The van der Waals surface area contributed by atoms with Crippen LogP contribution in [0.5, 0.6) is 11.5 Å². The maximum atomic E-state index is 9.37. The molecule has 4 heteroatoms. The molecular weight excluding hydrogens is 415 g/mol. The van der Waals surface area contributed by atoms with Crippen LogP contribution in [0.3, 0.4) is 0 Å². The van der Waals surface area contributed by atoms with Crippen molar-refractivity contribution in [3.63, 3.8) is 0 Å². The lowest BCUT2D eigenvalue weighted by Crippen LogP contribution is -2.29. The molecule has 1 fully saturated rings. The Morgan fingerprint density at radius 3 is 2.46 bits per heavy atom. The first-order valence-corrected chi connectivity index (χ1v) is 9.60. The summed E-state index contributed by atoms with van der Waals surface area (Å²) in [6, 6.07) is 15.7. The average Bonchev–Trinajstić information content (AvgIpc) is 2.61. The van der Waals surface area contributed by atoms with Gasteiger partial charge in [0.25, 0.3) is 0 Å². The predicted molar refractivity (Wildman–Crippen MR) is 104 cm³/mol. The number of ether oxygens (including phenoxy) is 2. The van der Waals surface area contributed by atoms with Crippen LogP contribution >= 0.6 is 22.6 Å². The Kier molecular flexibility index (Phi) is 6.00. The Morgan fingerprint density at radius 2 is 1.79 bits per heavy atom. The van der Waals surface area contributed by atoms with Crippen LogP contribution in [0, 0.1) is 0 Å². The summed E-state index contributed by atoms with van der Waals surface area (Å²) in [6.07, 6.45) is 4.59. The highest BCUT2D eigenvalue weighted by Crippen LogP contribution is 2.37. The van der Waals surface area contributed by atoms with Gasteiger partial charge in [0.15, 0.2) is 0 Å². The second-order valence-corrected chi connectivity index (χ2v) is 8.06. The molecule has 1 aliphatic rings. The lowest BCUT2D eigenvalue weighted by Gasteiger charge is -2.33. The van der Waals surface area contributed by atoms with E-state index in [1.165, 1.54) is 11.1 Å². The maximum Gasteiger partial charge on any atom is 0.118 e. The number of phenols is 1. The molecule has 0 unspecified atom stereocenters. The van der Waals surface area contributed by atoms with Crippen molar-refractivity contribution < 1.29 is 14.6 Å². The molecule has 3 rings (SSSR count). The van der Waals surface area contributed by atoms with Gasteiger partial charge in [-0.1, -0.05) is 46.9 Å². The quantitative estimate of drug-likeness (QED) is 0.524. The molecule has 1 saturated heterocycles. The van der Waals surface area contributed by atoms with Gasteiger partial charge in [0.2, 0.25) is 0 Å². The molecule has 3 atom stereocenters. The van der Waals surface area contributed by atoms with Gasteiger partial charge in [-0.3, -0.25) is 0 Å². The number of phenolic OH excluding ortho intramolecular Hbond substituents is 1. The third-order valence-electron chi connectivity index (χ3n) is 4.52. The summed E-state index contributed by atoms with van der Waals surface area (Å²) in [5, 5.41) is 9.37. The summed E-state index contributed by atoms with van der Waals surface area (Å²) in [5.41, 5.74) is 2.47. The second kappa shape index (κ2) is 8.21. The Morgan fingerprint density at radius 1 is 1.08 bits per heavy atom. The number of aryl methyl sites for hydroxylation is 1. The van der Waals surface area contributed by atoms with Crippen LogP contribution in [0.25, 0.3) is 0 Å². The highest BCUT2D eigenvalue weighted by Gasteiger charge is 2.28. The molecule has 0 bridgehead atoms. The zero-order chi connectivity index (χ0) is 16.9. The molecule has 1 aliphatic heterocycles. The zero-order valence-corrected chi connectivity index (χ0v) is 16.0. The maximum absolute atomic E-state index is 9.37. The number of hydrogen-bond donors (Lipinski definition) is 1. The van der Waals surface area contributed by atoms with E-state index in [0.29, 0.717) is 9.67 Å². The van der Waals surface area contributed by atoms with E-state index in [9.17, 15) is 5.11 Å². The van der Waals surface area contributed by atoms with E-state index in [1.54, 1.807) is 19.2 Å². The van der Waals surface area contributed by atoms with Gasteiger partial charge in [0, 0.05) is 3.92 Å². The van der Waals surface area contributed by atoms with Gasteiger partial charge in [-0.05, 0) is 61.1 Å². The van der Waals surface area contributed by atoms with Crippen molar-refractivity contribution in [3.8, 4) is 11.5 Å². The number of benzene rings is 2. The van der Waals surface area contributed by atoms with Gasteiger partial charge in [-0.2, -0.15) is 0 Å². The van der Waals surface area contributed by atoms with Crippen LogP contribution < -0.4 is 4.74 Å². The number of methoxy groups -OCH3 is 1. The van der Waals surface area contributed by atoms with E-state index in [1.807, 2.05) is 24.3 Å². The molecule has 0 aromatic heterocycles. The first-order valence-electron chi connectivity index (χ1n) is 8.35. The third-order valence-corrected chi connectivity index (χ3v) is 5.54. The van der Waals surface area contributed by atoms with Crippen LogP contribution in [0.15, 0.2) is 48.5 Å². The van der Waals surface area contributed by atoms with Crippen molar-refractivity contribution >= 4 is 22.6 Å². The summed E-state index contributed by atoms with van der Waals surface area (Å²) >= 11 is 2.55. The molecule has 1 N–H and O–H groups in total. The number of hydrogen-bond acceptors (Lipinski definition) is 3. The molecule has 2 aromatic rings. The van der Waals surface area contributed by atoms with E-state index in [-0.39, 0.29) is 12.2 Å². The van der Waals surface area contributed by atoms with E-state index in [2.05, 4.69) is 34.7 Å². The van der Waals surface area contributed by atoms with Crippen LogP contribution in [-0.2, 0) is 11.2 Å². The fourth-order valence-corrected chi connectivity index (χ4v) is 4.20. The van der Waals surface area contributed by atoms with Gasteiger partial charge in [0.05, 0.1) is 19.3 Å². The largest absolute Gasteiger partial charge is 0.508 e. The molecular formula is C20H23IO3. The molecule has 24 heavy (non-hydrogen) atoms. The Hall–Kier alpha value is -1.27. The summed E-state index contributed by atoms with van der Waals surface area (Å²) < 4.78 is 12.2. The van der Waals surface area contributed by atoms with Crippen molar-refractivity contribution in [2.45, 2.75) is 41.8 Å². The lowest BCUT2D eigenvalue weighted by atomic mass is 9.95. The Labute approximate surface area is 157 Å². The van der Waals surface area contributed by atoms with Crippen molar-refractivity contribution in [2.75, 3.05) is 7.11 Å². The van der Waals surface area contributed by atoms with E-state index in [4.69, 9.17) is 9.47 Å². The van der Waals surface area contributed by atoms with E-state index >= 15 is 0 Å². The number of aromatic hydroxyl groups is 1. The Bertz CT molecular complexity index is 639. The molecule has 0 radical (unpaired) electrons. The second-order valence-electron chi connectivity index (χ2n) is 6.29. The molecule has 0 aliphatic carbocycles. The van der Waals surface area contributed by atoms with Crippen LogP contribution in [0.4, 0.5) is 0 Å². The highest BCUT2D eigenvalue weighted by molar-refractivity contribution is 14.1. The van der Waals surface area contributed by atoms with Gasteiger partial charge in [0.1, 0.15) is 11.5 Å². The predicted octanol–water partition coefficient (Wildman–Crippen LogP) is 5.06. The lowest BCUT2D eigenvalue weighted by molar-refractivity contribution is -0.0501. The number of rotatable bonds is 5.